The number of aryl methyl sites for hydroxylation is 1. The molecule has 3 aromatic rings. The summed E-state index contributed by atoms with van der Waals surface area (Å²) in [4.78, 5) is 13.5. The predicted molar refractivity (Wildman–Crippen MR) is 112 cm³/mol. The normalized spacial score (nSPS) is 13.0. The van der Waals surface area contributed by atoms with Crippen LogP contribution in [0.4, 0.5) is 18.9 Å². The minimum absolute atomic E-state index is 0.0502. The van der Waals surface area contributed by atoms with Crippen LogP contribution in [0.2, 0.25) is 0 Å². The zero-order valence-corrected chi connectivity index (χ0v) is 17.8. The van der Waals surface area contributed by atoms with Crippen LogP contribution in [-0.2, 0) is 11.3 Å². The first-order valence-corrected chi connectivity index (χ1v) is 10.6. The SMILES string of the molecule is NCC(CC(=O)Nc1ccc2cnn(CCCC(F)(F)F)c2c1)c1ccc(Br)s1. The molecule has 1 atom stereocenters. The highest BCUT2D eigenvalue weighted by molar-refractivity contribution is 9.11. The van der Waals surface area contributed by atoms with Gasteiger partial charge in [-0.3, -0.25) is 9.48 Å². The topological polar surface area (TPSA) is 72.9 Å². The second kappa shape index (κ2) is 9.27. The van der Waals surface area contributed by atoms with Crippen LogP contribution in [-0.4, -0.2) is 28.4 Å². The number of hydrogen-bond donors (Lipinski definition) is 2. The fourth-order valence-corrected chi connectivity index (χ4v) is 4.58. The largest absolute Gasteiger partial charge is 0.389 e. The Kier molecular flexibility index (Phi) is 6.97. The van der Waals surface area contributed by atoms with E-state index >= 15 is 0 Å². The number of nitrogens with two attached hydrogens (primary N) is 1. The summed E-state index contributed by atoms with van der Waals surface area (Å²) in [6.45, 7) is 0.508. The molecule has 3 rings (SSSR count). The first-order chi connectivity index (χ1) is 13.7. The van der Waals surface area contributed by atoms with Gasteiger partial charge in [-0.2, -0.15) is 18.3 Å². The zero-order valence-electron chi connectivity index (χ0n) is 15.4. The van der Waals surface area contributed by atoms with Gasteiger partial charge in [-0.15, -0.1) is 11.3 Å². The fourth-order valence-electron chi connectivity index (χ4n) is 3.04. The summed E-state index contributed by atoms with van der Waals surface area (Å²) >= 11 is 4.96. The van der Waals surface area contributed by atoms with E-state index in [1.807, 2.05) is 12.1 Å². The van der Waals surface area contributed by atoms with Crippen LogP contribution in [0.3, 0.4) is 0 Å². The second-order valence-electron chi connectivity index (χ2n) is 6.69. The van der Waals surface area contributed by atoms with E-state index in [1.54, 1.807) is 35.7 Å². The van der Waals surface area contributed by atoms with Gasteiger partial charge in [0.2, 0.25) is 5.91 Å². The highest BCUT2D eigenvalue weighted by Gasteiger charge is 2.26. The van der Waals surface area contributed by atoms with Gasteiger partial charge in [0.1, 0.15) is 0 Å². The van der Waals surface area contributed by atoms with Crippen molar-refractivity contribution >= 4 is 49.8 Å². The Morgan fingerprint density at radius 2 is 2.10 bits per heavy atom. The number of alkyl halides is 3. The van der Waals surface area contributed by atoms with Crippen molar-refractivity contribution in [3.63, 3.8) is 0 Å². The highest BCUT2D eigenvalue weighted by atomic mass is 79.9. The Hall–Kier alpha value is -1.91. The van der Waals surface area contributed by atoms with Crippen LogP contribution in [0.25, 0.3) is 10.9 Å². The summed E-state index contributed by atoms with van der Waals surface area (Å²) in [6, 6.07) is 9.14. The Morgan fingerprint density at radius 3 is 2.76 bits per heavy atom. The molecule has 5 nitrogen and oxygen atoms in total. The van der Waals surface area contributed by atoms with Gasteiger partial charge in [-0.05, 0) is 52.7 Å². The van der Waals surface area contributed by atoms with Gasteiger partial charge in [0.05, 0.1) is 15.5 Å². The highest BCUT2D eigenvalue weighted by Crippen LogP contribution is 2.30. The Labute approximate surface area is 178 Å². The molecule has 0 aliphatic rings. The van der Waals surface area contributed by atoms with Crippen molar-refractivity contribution in [3.8, 4) is 0 Å². The maximum absolute atomic E-state index is 12.5. The van der Waals surface area contributed by atoms with E-state index < -0.39 is 12.6 Å². The standard InChI is InChI=1S/C19H20BrF3N4OS/c20-17-5-4-16(29-17)13(10-24)8-18(28)26-14-3-2-12-11-25-27(15(12)9-14)7-1-6-19(21,22)23/h2-5,9,11,13H,1,6-8,10,24H2,(H,26,28). The van der Waals surface area contributed by atoms with Crippen molar-refractivity contribution in [1.29, 1.82) is 0 Å². The number of benzene rings is 1. The third kappa shape index (κ3) is 6.03. The molecule has 3 N–H and O–H groups in total. The zero-order chi connectivity index (χ0) is 21.0. The van der Waals surface area contributed by atoms with E-state index in [-0.39, 0.29) is 31.2 Å². The van der Waals surface area contributed by atoms with Crippen molar-refractivity contribution in [2.24, 2.45) is 5.73 Å². The number of hydrogen-bond acceptors (Lipinski definition) is 4. The van der Waals surface area contributed by atoms with E-state index in [1.165, 1.54) is 4.68 Å². The van der Waals surface area contributed by atoms with Gasteiger partial charge in [-0.25, -0.2) is 0 Å². The molecule has 0 saturated heterocycles. The number of fused-ring (bicyclic) bond motifs is 1. The fraction of sp³-hybridized carbons (Fsp3) is 0.368. The minimum atomic E-state index is -4.18. The summed E-state index contributed by atoms with van der Waals surface area (Å²) in [7, 11) is 0. The number of carbonyl (C=O) groups is 1. The molecule has 0 radical (unpaired) electrons. The van der Waals surface area contributed by atoms with E-state index in [9.17, 15) is 18.0 Å². The van der Waals surface area contributed by atoms with Crippen LogP contribution in [0.5, 0.6) is 0 Å². The number of halogens is 4. The summed E-state index contributed by atoms with van der Waals surface area (Å²) in [5.41, 5.74) is 7.09. The van der Waals surface area contributed by atoms with Gasteiger partial charge in [-0.1, -0.05) is 0 Å². The van der Waals surface area contributed by atoms with Gasteiger partial charge in [0, 0.05) is 47.8 Å². The lowest BCUT2D eigenvalue weighted by molar-refractivity contribution is -0.136. The quantitative estimate of drug-likeness (QED) is 0.453. The summed E-state index contributed by atoms with van der Waals surface area (Å²) in [5, 5.41) is 7.81. The average molecular weight is 489 g/mol. The number of nitrogens with zero attached hydrogens (tertiary/aromatic N) is 2. The van der Waals surface area contributed by atoms with Gasteiger partial charge in [0.25, 0.3) is 0 Å². The van der Waals surface area contributed by atoms with Gasteiger partial charge in [0.15, 0.2) is 0 Å². The average Bonchev–Trinajstić information content (AvgIpc) is 3.25. The number of anilines is 1. The van der Waals surface area contributed by atoms with E-state index in [0.29, 0.717) is 17.7 Å². The molecule has 29 heavy (non-hydrogen) atoms. The third-order valence-electron chi connectivity index (χ3n) is 4.47. The second-order valence-corrected chi connectivity index (χ2v) is 9.18. The van der Waals surface area contributed by atoms with Crippen molar-refractivity contribution in [1.82, 2.24) is 9.78 Å². The Balaban J connectivity index is 1.66. The maximum Gasteiger partial charge on any atom is 0.389 e. The van der Waals surface area contributed by atoms with Crippen LogP contribution in [0.1, 0.15) is 30.1 Å². The molecular weight excluding hydrogens is 469 g/mol. The Bertz CT molecular complexity index is 985. The lowest BCUT2D eigenvalue weighted by atomic mass is 10.0. The lowest BCUT2D eigenvalue weighted by Crippen LogP contribution is -2.20. The molecule has 0 spiro atoms. The molecule has 2 aromatic heterocycles. The third-order valence-corrected chi connectivity index (χ3v) is 6.26. The number of thiophene rings is 1. The molecule has 1 aromatic carbocycles. The van der Waals surface area contributed by atoms with Crippen molar-refractivity contribution in [3.05, 3.63) is 45.2 Å². The molecule has 0 aliphatic carbocycles. The number of amides is 1. The molecule has 2 heterocycles. The van der Waals surface area contributed by atoms with Gasteiger partial charge < -0.3 is 11.1 Å². The summed E-state index contributed by atoms with van der Waals surface area (Å²) < 4.78 is 39.6. The number of nitrogens with one attached hydrogen (secondary N) is 1. The maximum atomic E-state index is 12.5. The first-order valence-electron chi connectivity index (χ1n) is 9.02. The Morgan fingerprint density at radius 1 is 1.31 bits per heavy atom. The molecular formula is C19H20BrF3N4OS. The van der Waals surface area contributed by atoms with Crippen molar-refractivity contribution in [2.75, 3.05) is 11.9 Å². The summed E-state index contributed by atoms with van der Waals surface area (Å²) in [5.74, 6) is -0.254. The lowest BCUT2D eigenvalue weighted by Gasteiger charge is -2.13. The number of carbonyl (C=O) groups excluding carboxylic acids is 1. The molecule has 0 aliphatic heterocycles. The molecule has 1 unspecified atom stereocenters. The summed E-state index contributed by atoms with van der Waals surface area (Å²) in [6.07, 6.45) is -3.24. The van der Waals surface area contributed by atoms with Gasteiger partial charge >= 0.3 is 6.18 Å². The molecule has 10 heteroatoms. The molecule has 156 valence electrons. The monoisotopic (exact) mass is 488 g/mol. The molecule has 0 fully saturated rings. The van der Waals surface area contributed by atoms with Crippen LogP contribution in [0.15, 0.2) is 40.3 Å². The predicted octanol–water partition coefficient (Wildman–Crippen LogP) is 5.27. The molecule has 0 bridgehead atoms. The van der Waals surface area contributed by atoms with Crippen molar-refractivity contribution < 1.29 is 18.0 Å². The number of aromatic nitrogens is 2. The number of rotatable bonds is 8. The van der Waals surface area contributed by atoms with Crippen molar-refractivity contribution in [2.45, 2.75) is 37.9 Å². The smallest absolute Gasteiger partial charge is 0.330 e. The van der Waals surface area contributed by atoms with E-state index in [4.69, 9.17) is 5.73 Å². The first kappa shape index (κ1) is 21.8. The molecule has 1 amide bonds. The van der Waals surface area contributed by atoms with Crippen LogP contribution < -0.4 is 11.1 Å². The van der Waals surface area contributed by atoms with E-state index in [2.05, 4.69) is 26.3 Å². The van der Waals surface area contributed by atoms with Crippen LogP contribution >= 0.6 is 27.3 Å². The van der Waals surface area contributed by atoms with Crippen LogP contribution in [0, 0.1) is 0 Å². The van der Waals surface area contributed by atoms with E-state index in [0.717, 1.165) is 14.0 Å². The minimum Gasteiger partial charge on any atom is -0.330 e. The molecule has 0 saturated carbocycles.